The zero-order valence-electron chi connectivity index (χ0n) is 25.4. The van der Waals surface area contributed by atoms with Crippen LogP contribution in [-0.4, -0.2) is 23.4 Å². The second kappa shape index (κ2) is 11.3. The summed E-state index contributed by atoms with van der Waals surface area (Å²) in [6.45, 7) is 0.383. The Morgan fingerprint density at radius 2 is 1.72 bits per heavy atom. The van der Waals surface area contributed by atoms with Crippen molar-refractivity contribution in [2.24, 2.45) is 4.99 Å². The fourth-order valence-corrected chi connectivity index (χ4v) is 7.81. The summed E-state index contributed by atoms with van der Waals surface area (Å²) >= 11 is 1.40. The summed E-state index contributed by atoms with van der Waals surface area (Å²) in [5.41, 5.74) is 7.75. The fourth-order valence-electron chi connectivity index (χ4n) is 6.82. The predicted octanol–water partition coefficient (Wildman–Crippen LogP) is 6.48. The molecule has 0 amide bonds. The van der Waals surface area contributed by atoms with Gasteiger partial charge in [0.15, 0.2) is 16.3 Å². The van der Waals surface area contributed by atoms with Crippen LogP contribution in [0.5, 0.6) is 11.5 Å². The van der Waals surface area contributed by atoms with Gasteiger partial charge >= 0.3 is 0 Å². The number of para-hydroxylation sites is 1. The molecule has 0 spiro atoms. The third-order valence-electron chi connectivity index (χ3n) is 9.00. The van der Waals surface area contributed by atoms with E-state index in [0.717, 1.165) is 51.7 Å². The molecular weight excluding hydrogens is 598 g/mol. The quantitative estimate of drug-likeness (QED) is 0.213. The highest BCUT2D eigenvalue weighted by Crippen LogP contribution is 2.42. The molecule has 0 N–H and O–H groups in total. The number of rotatable bonds is 6. The maximum Gasteiger partial charge on any atom is 0.271 e. The first-order valence-corrected chi connectivity index (χ1v) is 16.0. The lowest BCUT2D eigenvalue weighted by molar-refractivity contribution is 0.354. The van der Waals surface area contributed by atoms with E-state index in [4.69, 9.17) is 14.5 Å². The first-order chi connectivity index (χ1) is 22.5. The van der Waals surface area contributed by atoms with Crippen molar-refractivity contribution < 1.29 is 13.9 Å². The SMILES string of the molecule is COc1ccc(C2C3=C(N=c4s/c(=C/c5cn(Cc6ccccc6F)c6ccccc56)c(=O)n42)c2ccccc2CC3)cc1OC. The summed E-state index contributed by atoms with van der Waals surface area (Å²) in [6, 6.07) is 28.8. The van der Waals surface area contributed by atoms with E-state index in [2.05, 4.69) is 18.2 Å². The Morgan fingerprint density at radius 3 is 2.57 bits per heavy atom. The molecule has 6 nitrogen and oxygen atoms in total. The van der Waals surface area contributed by atoms with E-state index in [-0.39, 0.29) is 17.4 Å². The summed E-state index contributed by atoms with van der Waals surface area (Å²) in [5, 5.41) is 0.995. The number of nitrogens with zero attached hydrogens (tertiary/aromatic N) is 3. The Kier molecular flexibility index (Phi) is 6.95. The van der Waals surface area contributed by atoms with Gasteiger partial charge < -0.3 is 14.0 Å². The first kappa shape index (κ1) is 28.3. The third kappa shape index (κ3) is 4.60. The van der Waals surface area contributed by atoms with Crippen LogP contribution in [0.2, 0.25) is 0 Å². The van der Waals surface area contributed by atoms with Gasteiger partial charge in [-0.3, -0.25) is 9.36 Å². The second-order valence-corrected chi connectivity index (χ2v) is 12.6. The van der Waals surface area contributed by atoms with Gasteiger partial charge in [-0.1, -0.05) is 78.1 Å². The van der Waals surface area contributed by atoms with Crippen molar-refractivity contribution >= 4 is 34.0 Å². The lowest BCUT2D eigenvalue weighted by Crippen LogP contribution is -2.38. The summed E-state index contributed by atoms with van der Waals surface area (Å²) in [4.78, 5) is 20.2. The van der Waals surface area contributed by atoms with Gasteiger partial charge in [-0.2, -0.15) is 0 Å². The van der Waals surface area contributed by atoms with E-state index in [1.165, 1.54) is 23.0 Å². The van der Waals surface area contributed by atoms with Crippen molar-refractivity contribution in [2.45, 2.75) is 25.4 Å². The highest BCUT2D eigenvalue weighted by Gasteiger charge is 2.33. The summed E-state index contributed by atoms with van der Waals surface area (Å²) in [7, 11) is 3.24. The van der Waals surface area contributed by atoms with Gasteiger partial charge in [-0.15, -0.1) is 0 Å². The lowest BCUT2D eigenvalue weighted by Gasteiger charge is -2.31. The van der Waals surface area contributed by atoms with Crippen LogP contribution in [0.3, 0.4) is 0 Å². The van der Waals surface area contributed by atoms with Crippen molar-refractivity contribution in [3.63, 3.8) is 0 Å². The number of halogens is 1. The van der Waals surface area contributed by atoms with Crippen LogP contribution in [0, 0.1) is 5.82 Å². The van der Waals surface area contributed by atoms with E-state index in [0.29, 0.717) is 32.9 Å². The molecule has 46 heavy (non-hydrogen) atoms. The topological polar surface area (TPSA) is 57.8 Å². The van der Waals surface area contributed by atoms with Gasteiger partial charge in [0, 0.05) is 33.8 Å². The molecule has 2 aromatic heterocycles. The number of aryl methyl sites for hydroxylation is 1. The van der Waals surface area contributed by atoms with Crippen LogP contribution >= 0.6 is 11.3 Å². The molecule has 6 aromatic rings. The van der Waals surface area contributed by atoms with Crippen LogP contribution in [0.1, 0.15) is 40.3 Å². The molecule has 3 heterocycles. The second-order valence-electron chi connectivity index (χ2n) is 11.5. The third-order valence-corrected chi connectivity index (χ3v) is 9.98. The number of ether oxygens (including phenoxy) is 2. The Balaban J connectivity index is 1.33. The molecule has 1 unspecified atom stereocenters. The van der Waals surface area contributed by atoms with Crippen LogP contribution in [-0.2, 0) is 13.0 Å². The molecular formula is C38H30FN3O3S. The number of methoxy groups -OCH3 is 2. The number of fused-ring (bicyclic) bond motifs is 4. The average Bonchev–Trinajstić information content (AvgIpc) is 3.60. The molecule has 0 radical (unpaired) electrons. The van der Waals surface area contributed by atoms with Crippen molar-refractivity contribution in [3.05, 3.63) is 156 Å². The molecule has 4 aromatic carbocycles. The standard InChI is InChI=1S/C38H30FN3O3S/c1-44-32-18-16-24(19-33(32)45-2)36-29-17-15-23-9-3-5-12-28(23)35(29)40-38-42(36)37(43)34(46-38)20-26-22-41(31-14-8-6-11-27(26)31)21-25-10-4-7-13-30(25)39/h3-14,16,18-20,22,36H,15,17,21H2,1-2H3/b34-20+. The number of hydrogen-bond donors (Lipinski definition) is 0. The number of aromatic nitrogens is 2. The molecule has 1 aliphatic heterocycles. The molecule has 228 valence electrons. The maximum absolute atomic E-state index is 14.6. The van der Waals surface area contributed by atoms with Crippen molar-refractivity contribution in [2.75, 3.05) is 14.2 Å². The van der Waals surface area contributed by atoms with Crippen molar-refractivity contribution in [1.82, 2.24) is 9.13 Å². The highest BCUT2D eigenvalue weighted by molar-refractivity contribution is 7.07. The zero-order chi connectivity index (χ0) is 31.4. The van der Waals surface area contributed by atoms with Crippen LogP contribution in [0.25, 0.3) is 22.7 Å². The van der Waals surface area contributed by atoms with Crippen molar-refractivity contribution in [3.8, 4) is 11.5 Å². The minimum Gasteiger partial charge on any atom is -0.493 e. The number of benzene rings is 4. The smallest absolute Gasteiger partial charge is 0.271 e. The zero-order valence-corrected chi connectivity index (χ0v) is 26.2. The summed E-state index contributed by atoms with van der Waals surface area (Å²) in [6.07, 6.45) is 5.62. The molecule has 8 rings (SSSR count). The normalized spacial score (nSPS) is 15.7. The monoisotopic (exact) mass is 627 g/mol. The number of allylic oxidation sites excluding steroid dienone is 1. The minimum absolute atomic E-state index is 0.0973. The van der Waals surface area contributed by atoms with E-state index < -0.39 is 0 Å². The molecule has 0 fully saturated rings. The molecule has 0 saturated carbocycles. The summed E-state index contributed by atoms with van der Waals surface area (Å²) < 4.78 is 30.3. The fraction of sp³-hybridized carbons (Fsp3) is 0.158. The maximum atomic E-state index is 14.6. The van der Waals surface area contributed by atoms with Crippen LogP contribution in [0.15, 0.2) is 113 Å². The predicted molar refractivity (Wildman–Crippen MR) is 180 cm³/mol. The Hall–Kier alpha value is -5.21. The Labute approximate surface area is 268 Å². The molecule has 1 aliphatic carbocycles. The van der Waals surface area contributed by atoms with Gasteiger partial charge in [0.2, 0.25) is 0 Å². The molecule has 2 aliphatic rings. The highest BCUT2D eigenvalue weighted by atomic mass is 32.1. The van der Waals surface area contributed by atoms with Crippen LogP contribution < -0.4 is 24.4 Å². The Morgan fingerprint density at radius 1 is 0.935 bits per heavy atom. The summed E-state index contributed by atoms with van der Waals surface area (Å²) in [5.74, 6) is 1.00. The number of thiazole rings is 1. The van der Waals surface area contributed by atoms with E-state index in [1.54, 1.807) is 26.4 Å². The lowest BCUT2D eigenvalue weighted by atomic mass is 9.83. The van der Waals surface area contributed by atoms with Gasteiger partial charge in [0.05, 0.1) is 37.0 Å². The molecule has 0 bridgehead atoms. The van der Waals surface area contributed by atoms with Crippen LogP contribution in [0.4, 0.5) is 4.39 Å². The van der Waals surface area contributed by atoms with Gasteiger partial charge in [0.25, 0.3) is 5.56 Å². The van der Waals surface area contributed by atoms with E-state index >= 15 is 0 Å². The molecule has 1 atom stereocenters. The van der Waals surface area contributed by atoms with E-state index in [1.807, 2.05) is 76.0 Å². The Bertz CT molecular complexity index is 2380. The first-order valence-electron chi connectivity index (χ1n) is 15.2. The minimum atomic E-state index is -0.344. The molecule has 8 heteroatoms. The van der Waals surface area contributed by atoms with Gasteiger partial charge in [-0.25, -0.2) is 9.38 Å². The largest absolute Gasteiger partial charge is 0.493 e. The van der Waals surface area contributed by atoms with Gasteiger partial charge in [0.1, 0.15) is 5.82 Å². The number of hydrogen-bond acceptors (Lipinski definition) is 5. The van der Waals surface area contributed by atoms with E-state index in [9.17, 15) is 9.18 Å². The van der Waals surface area contributed by atoms with Gasteiger partial charge in [-0.05, 0) is 59.9 Å². The molecule has 0 saturated heterocycles. The average molecular weight is 628 g/mol. The van der Waals surface area contributed by atoms with Crippen molar-refractivity contribution in [1.29, 1.82) is 0 Å².